The Bertz CT molecular complexity index is 920. The van der Waals surface area contributed by atoms with Crippen LogP contribution in [0.25, 0.3) is 5.65 Å². The zero-order valence-electron chi connectivity index (χ0n) is 16.3. The molecule has 1 spiro atoms. The van der Waals surface area contributed by atoms with Crippen molar-refractivity contribution in [2.45, 2.75) is 37.3 Å². The van der Waals surface area contributed by atoms with E-state index < -0.39 is 5.60 Å². The van der Waals surface area contributed by atoms with Gasteiger partial charge in [-0.2, -0.15) is 4.52 Å². The minimum Gasteiger partial charge on any atom is -0.375 e. The van der Waals surface area contributed by atoms with E-state index in [0.29, 0.717) is 31.2 Å². The van der Waals surface area contributed by atoms with Gasteiger partial charge in [0.15, 0.2) is 5.65 Å². The number of hydrogen-bond donors (Lipinski definition) is 1. The van der Waals surface area contributed by atoms with Crippen molar-refractivity contribution < 1.29 is 14.3 Å². The van der Waals surface area contributed by atoms with Crippen molar-refractivity contribution in [3.05, 3.63) is 22.6 Å². The maximum atomic E-state index is 12.2. The summed E-state index contributed by atoms with van der Waals surface area (Å²) in [5.74, 6) is 0.578. The average molecular weight is 390 g/mol. The van der Waals surface area contributed by atoms with E-state index in [1.807, 2.05) is 6.07 Å². The molecule has 0 aromatic carbocycles. The lowest BCUT2D eigenvalue weighted by Crippen LogP contribution is -2.64. The molecule has 1 saturated heterocycles. The van der Waals surface area contributed by atoms with Crippen LogP contribution >= 0.6 is 0 Å². The van der Waals surface area contributed by atoms with Crippen LogP contribution in [0.2, 0.25) is 0 Å². The number of carbonyl (C=O) groups is 1. The predicted molar refractivity (Wildman–Crippen MR) is 101 cm³/mol. The van der Waals surface area contributed by atoms with Crippen molar-refractivity contribution in [3.63, 3.8) is 0 Å². The third-order valence-corrected chi connectivity index (χ3v) is 5.63. The number of fused-ring (bicyclic) bond motifs is 1. The summed E-state index contributed by atoms with van der Waals surface area (Å²) in [6.07, 6.45) is 3.85. The van der Waals surface area contributed by atoms with Crippen LogP contribution in [0.5, 0.6) is 0 Å². The van der Waals surface area contributed by atoms with E-state index in [0.717, 1.165) is 25.7 Å². The van der Waals surface area contributed by atoms with Gasteiger partial charge in [0, 0.05) is 20.7 Å². The Labute approximate surface area is 162 Å². The molecule has 1 N–H and O–H groups in total. The predicted octanol–water partition coefficient (Wildman–Crippen LogP) is -0.291. The Balaban J connectivity index is 1.59. The minimum atomic E-state index is -0.462. The summed E-state index contributed by atoms with van der Waals surface area (Å²) in [6.45, 7) is 1.86. The molecular weight excluding hydrogens is 364 g/mol. The van der Waals surface area contributed by atoms with E-state index in [1.165, 1.54) is 16.3 Å². The number of aryl methyl sites for hydroxylation is 1. The standard InChI is InChI=1S/C18H26N6O4/c1-22-17(26)24-15(20-22)7-6-14(21-24)23-9-10-28-18(12-23)8-4-3-5-13(18)19-16(25)11-27-2/h6-7,13H,3-5,8-12H2,1-2H3,(H,19,25)/t13-,18+/m0/s1. The number of aromatic nitrogens is 4. The van der Waals surface area contributed by atoms with Gasteiger partial charge in [0.05, 0.1) is 19.2 Å². The van der Waals surface area contributed by atoms with Gasteiger partial charge in [0.25, 0.3) is 0 Å². The van der Waals surface area contributed by atoms with Gasteiger partial charge in [0.1, 0.15) is 18.0 Å². The second-order valence-electron chi connectivity index (χ2n) is 7.50. The monoisotopic (exact) mass is 390 g/mol. The van der Waals surface area contributed by atoms with Crippen LogP contribution in [0.1, 0.15) is 25.7 Å². The van der Waals surface area contributed by atoms with Gasteiger partial charge < -0.3 is 19.7 Å². The van der Waals surface area contributed by atoms with Crippen molar-refractivity contribution in [1.82, 2.24) is 24.7 Å². The molecule has 10 nitrogen and oxygen atoms in total. The third kappa shape index (κ3) is 3.37. The fraction of sp³-hybridized carbons (Fsp3) is 0.667. The topological polar surface area (TPSA) is 103 Å². The summed E-state index contributed by atoms with van der Waals surface area (Å²) in [6, 6.07) is 3.60. The van der Waals surface area contributed by atoms with Crippen LogP contribution in [0.15, 0.2) is 16.9 Å². The largest absolute Gasteiger partial charge is 0.375 e. The van der Waals surface area contributed by atoms with E-state index in [9.17, 15) is 9.59 Å². The van der Waals surface area contributed by atoms with Gasteiger partial charge in [-0.15, -0.1) is 10.2 Å². The minimum absolute atomic E-state index is 0.0401. The summed E-state index contributed by atoms with van der Waals surface area (Å²) >= 11 is 0. The van der Waals surface area contributed by atoms with Gasteiger partial charge in [-0.3, -0.25) is 4.79 Å². The van der Waals surface area contributed by atoms with Crippen molar-refractivity contribution in [1.29, 1.82) is 0 Å². The number of carbonyl (C=O) groups excluding carboxylic acids is 1. The van der Waals surface area contributed by atoms with E-state index in [4.69, 9.17) is 9.47 Å². The van der Waals surface area contributed by atoms with Crippen molar-refractivity contribution in [2.24, 2.45) is 7.05 Å². The molecule has 0 radical (unpaired) electrons. The summed E-state index contributed by atoms with van der Waals surface area (Å²) in [5, 5.41) is 11.7. The van der Waals surface area contributed by atoms with E-state index >= 15 is 0 Å². The van der Waals surface area contributed by atoms with Crippen LogP contribution in [0.4, 0.5) is 5.82 Å². The molecule has 4 rings (SSSR count). The Kier molecular flexibility index (Phi) is 5.07. The van der Waals surface area contributed by atoms with Crippen molar-refractivity contribution in [2.75, 3.05) is 38.3 Å². The molecule has 2 aromatic rings. The molecule has 2 aromatic heterocycles. The van der Waals surface area contributed by atoms with Gasteiger partial charge in [-0.05, 0) is 25.0 Å². The van der Waals surface area contributed by atoms with Gasteiger partial charge >= 0.3 is 5.69 Å². The second-order valence-corrected chi connectivity index (χ2v) is 7.50. The molecule has 2 aliphatic rings. The summed E-state index contributed by atoms with van der Waals surface area (Å²) in [4.78, 5) is 26.4. The molecule has 3 heterocycles. The first-order chi connectivity index (χ1) is 13.5. The highest BCUT2D eigenvalue weighted by atomic mass is 16.5. The lowest BCUT2D eigenvalue weighted by Gasteiger charge is -2.49. The molecular formula is C18H26N6O4. The zero-order valence-corrected chi connectivity index (χ0v) is 16.3. The van der Waals surface area contributed by atoms with Crippen LogP contribution in [0, 0.1) is 0 Å². The number of ether oxygens (including phenoxy) is 2. The molecule has 1 saturated carbocycles. The smallest absolute Gasteiger partial charge is 0.366 e. The summed E-state index contributed by atoms with van der Waals surface area (Å²) in [5.41, 5.74) is -0.222. The van der Waals surface area contributed by atoms with Gasteiger partial charge in [-0.1, -0.05) is 12.8 Å². The maximum absolute atomic E-state index is 12.2. The molecule has 0 unspecified atom stereocenters. The average Bonchev–Trinajstić information content (AvgIpc) is 2.98. The SMILES string of the molecule is COCC(=O)N[C@H]1CCCC[C@@]12CN(c1ccc3nn(C)c(=O)n3n1)CCO2. The molecule has 1 aliphatic carbocycles. The quantitative estimate of drug-likeness (QED) is 0.765. The summed E-state index contributed by atoms with van der Waals surface area (Å²) in [7, 11) is 3.12. The van der Waals surface area contributed by atoms with Crippen LogP contribution < -0.4 is 15.9 Å². The number of rotatable bonds is 4. The third-order valence-electron chi connectivity index (χ3n) is 5.63. The van der Waals surface area contributed by atoms with Gasteiger partial charge in [-0.25, -0.2) is 9.48 Å². The molecule has 152 valence electrons. The number of nitrogens with one attached hydrogen (secondary N) is 1. The fourth-order valence-electron chi connectivity index (χ4n) is 4.27. The Morgan fingerprint density at radius 3 is 3.07 bits per heavy atom. The Morgan fingerprint density at radius 2 is 2.25 bits per heavy atom. The molecule has 0 bridgehead atoms. The first-order valence-electron chi connectivity index (χ1n) is 9.63. The summed E-state index contributed by atoms with van der Waals surface area (Å²) < 4.78 is 13.8. The van der Waals surface area contributed by atoms with Crippen LogP contribution in [0.3, 0.4) is 0 Å². The zero-order chi connectivity index (χ0) is 19.7. The number of anilines is 1. The highest BCUT2D eigenvalue weighted by Gasteiger charge is 2.46. The van der Waals surface area contributed by atoms with E-state index in [1.54, 1.807) is 13.1 Å². The normalized spacial score (nSPS) is 25.4. The lowest BCUT2D eigenvalue weighted by atomic mass is 9.78. The fourth-order valence-corrected chi connectivity index (χ4v) is 4.27. The molecule has 1 amide bonds. The number of amides is 1. The second kappa shape index (κ2) is 7.51. The molecule has 1 aliphatic heterocycles. The first kappa shape index (κ1) is 18.9. The first-order valence-corrected chi connectivity index (χ1v) is 9.63. The molecule has 2 fully saturated rings. The maximum Gasteiger partial charge on any atom is 0.366 e. The Morgan fingerprint density at radius 1 is 1.39 bits per heavy atom. The molecule has 2 atom stereocenters. The number of morpholine rings is 1. The molecule has 28 heavy (non-hydrogen) atoms. The number of methoxy groups -OCH3 is 1. The lowest BCUT2D eigenvalue weighted by molar-refractivity contribution is -0.134. The highest BCUT2D eigenvalue weighted by molar-refractivity contribution is 5.77. The van der Waals surface area contributed by atoms with Crippen molar-refractivity contribution >= 4 is 17.4 Å². The number of hydrogen-bond acceptors (Lipinski definition) is 7. The molecule has 10 heteroatoms. The highest BCUT2D eigenvalue weighted by Crippen LogP contribution is 2.36. The van der Waals surface area contributed by atoms with Crippen LogP contribution in [-0.2, 0) is 21.3 Å². The van der Waals surface area contributed by atoms with E-state index in [-0.39, 0.29) is 24.2 Å². The van der Waals surface area contributed by atoms with Crippen LogP contribution in [-0.4, -0.2) is 70.4 Å². The Hall–Kier alpha value is -2.46. The van der Waals surface area contributed by atoms with Crippen molar-refractivity contribution in [3.8, 4) is 0 Å². The van der Waals surface area contributed by atoms with E-state index in [2.05, 4.69) is 20.4 Å². The van der Waals surface area contributed by atoms with Gasteiger partial charge in [0.2, 0.25) is 5.91 Å². The number of nitrogens with zero attached hydrogens (tertiary/aromatic N) is 5.